The molecule has 0 aliphatic heterocycles. The van der Waals surface area contributed by atoms with Gasteiger partial charge in [-0.1, -0.05) is 12.1 Å². The van der Waals surface area contributed by atoms with Crippen molar-refractivity contribution >= 4 is 23.3 Å². The summed E-state index contributed by atoms with van der Waals surface area (Å²) in [5, 5.41) is 13.8. The number of nitrogens with two attached hydrogens (primary N) is 1. The van der Waals surface area contributed by atoms with Crippen molar-refractivity contribution in [3.63, 3.8) is 0 Å². The van der Waals surface area contributed by atoms with E-state index in [2.05, 4.69) is 16.7 Å². The van der Waals surface area contributed by atoms with E-state index in [9.17, 15) is 9.59 Å². The highest BCUT2D eigenvalue weighted by atomic mass is 16.2. The van der Waals surface area contributed by atoms with Gasteiger partial charge < -0.3 is 16.4 Å². The largest absolute Gasteiger partial charge is 0.351 e. The second kappa shape index (κ2) is 6.90. The number of urea groups is 1. The van der Waals surface area contributed by atoms with Gasteiger partial charge in [0, 0.05) is 16.9 Å². The van der Waals surface area contributed by atoms with Crippen molar-refractivity contribution in [3.05, 3.63) is 59.7 Å². The molecule has 0 saturated carbocycles. The van der Waals surface area contributed by atoms with E-state index in [1.54, 1.807) is 48.5 Å². The van der Waals surface area contributed by atoms with Gasteiger partial charge in [0.1, 0.15) is 0 Å². The maximum atomic E-state index is 12.1. The highest BCUT2D eigenvalue weighted by Crippen LogP contribution is 2.13. The molecular formula is C16H14N4O2. The zero-order valence-electron chi connectivity index (χ0n) is 11.7. The third-order valence-electron chi connectivity index (χ3n) is 2.91. The minimum absolute atomic E-state index is 0.265. The lowest BCUT2D eigenvalue weighted by molar-refractivity contribution is 0.102. The molecule has 0 saturated heterocycles. The highest BCUT2D eigenvalue weighted by molar-refractivity contribution is 6.04. The van der Waals surface area contributed by atoms with Crippen LogP contribution in [0.4, 0.5) is 16.2 Å². The molecule has 0 fully saturated rings. The number of anilines is 2. The summed E-state index contributed by atoms with van der Waals surface area (Å²) in [5.74, 6) is -0.265. The number of nitriles is 1. The number of benzene rings is 2. The number of carbonyl (C=O) groups excluding carboxylic acids is 2. The van der Waals surface area contributed by atoms with Crippen molar-refractivity contribution in [3.8, 4) is 6.07 Å². The van der Waals surface area contributed by atoms with Crippen molar-refractivity contribution in [1.29, 1.82) is 5.26 Å². The van der Waals surface area contributed by atoms with E-state index >= 15 is 0 Å². The minimum atomic E-state index is -0.658. The lowest BCUT2D eigenvalue weighted by Gasteiger charge is -2.07. The smallest absolute Gasteiger partial charge is 0.316 e. The topological polar surface area (TPSA) is 108 Å². The fourth-order valence-corrected chi connectivity index (χ4v) is 1.85. The molecule has 0 spiro atoms. The second-order valence-corrected chi connectivity index (χ2v) is 4.55. The fraction of sp³-hybridized carbons (Fsp3) is 0.0625. The van der Waals surface area contributed by atoms with Crippen LogP contribution < -0.4 is 16.4 Å². The van der Waals surface area contributed by atoms with Gasteiger partial charge in [-0.3, -0.25) is 4.79 Å². The molecule has 0 aliphatic rings. The van der Waals surface area contributed by atoms with Gasteiger partial charge in [0.05, 0.1) is 12.5 Å². The average molecular weight is 294 g/mol. The molecule has 22 heavy (non-hydrogen) atoms. The van der Waals surface area contributed by atoms with Gasteiger partial charge in [-0.2, -0.15) is 5.26 Å². The number of hydrogen-bond donors (Lipinski definition) is 3. The molecule has 0 heterocycles. The molecule has 0 aliphatic carbocycles. The maximum absolute atomic E-state index is 12.1. The van der Waals surface area contributed by atoms with Gasteiger partial charge in [0.2, 0.25) is 0 Å². The molecule has 0 radical (unpaired) electrons. The molecule has 2 rings (SSSR count). The molecule has 2 aromatic rings. The molecular weight excluding hydrogens is 280 g/mol. The minimum Gasteiger partial charge on any atom is -0.351 e. The summed E-state index contributed by atoms with van der Waals surface area (Å²) in [6.45, 7) is 0. The molecule has 0 bridgehead atoms. The number of hydrogen-bond acceptors (Lipinski definition) is 3. The van der Waals surface area contributed by atoms with E-state index in [0.717, 1.165) is 5.56 Å². The van der Waals surface area contributed by atoms with Crippen molar-refractivity contribution in [2.75, 3.05) is 10.6 Å². The zero-order chi connectivity index (χ0) is 15.9. The van der Waals surface area contributed by atoms with E-state index in [1.165, 1.54) is 0 Å². The van der Waals surface area contributed by atoms with Crippen LogP contribution in [0, 0.1) is 11.3 Å². The monoisotopic (exact) mass is 294 g/mol. The molecule has 6 nitrogen and oxygen atoms in total. The van der Waals surface area contributed by atoms with Crippen LogP contribution in [-0.4, -0.2) is 11.9 Å². The number of nitrogens with one attached hydrogen (secondary N) is 2. The lowest BCUT2D eigenvalue weighted by atomic mass is 10.1. The van der Waals surface area contributed by atoms with Crippen molar-refractivity contribution < 1.29 is 9.59 Å². The van der Waals surface area contributed by atoms with Gasteiger partial charge in [-0.05, 0) is 42.0 Å². The van der Waals surface area contributed by atoms with Gasteiger partial charge >= 0.3 is 6.03 Å². The molecule has 6 heteroatoms. The first-order valence-corrected chi connectivity index (χ1v) is 6.52. The summed E-state index contributed by atoms with van der Waals surface area (Å²) in [6.07, 6.45) is 0.336. The first-order valence-electron chi connectivity index (χ1n) is 6.52. The molecule has 3 amide bonds. The number of nitrogens with zero attached hydrogens (tertiary/aromatic N) is 1. The fourth-order valence-electron chi connectivity index (χ4n) is 1.85. The van der Waals surface area contributed by atoms with Crippen LogP contribution in [0.3, 0.4) is 0 Å². The molecule has 2 aromatic carbocycles. The quantitative estimate of drug-likeness (QED) is 0.806. The third-order valence-corrected chi connectivity index (χ3v) is 2.91. The third kappa shape index (κ3) is 4.08. The van der Waals surface area contributed by atoms with E-state index in [0.29, 0.717) is 23.4 Å². The van der Waals surface area contributed by atoms with Crippen LogP contribution in [-0.2, 0) is 6.42 Å². The number of rotatable bonds is 4. The Labute approximate surface area is 127 Å². The predicted octanol–water partition coefficient (Wildman–Crippen LogP) is 2.50. The Hall–Kier alpha value is -3.33. The van der Waals surface area contributed by atoms with E-state index in [-0.39, 0.29) is 5.91 Å². The Morgan fingerprint density at radius 3 is 2.05 bits per heavy atom. The normalized spacial score (nSPS) is 9.59. The van der Waals surface area contributed by atoms with Gasteiger partial charge in [0.15, 0.2) is 0 Å². The molecule has 110 valence electrons. The SMILES string of the molecule is N#CCc1ccc(NC(=O)c2ccc(NC(N)=O)cc2)cc1. The predicted molar refractivity (Wildman–Crippen MR) is 83.4 cm³/mol. The summed E-state index contributed by atoms with van der Waals surface area (Å²) in [6, 6.07) is 14.8. The molecule has 0 unspecified atom stereocenters. The Morgan fingerprint density at radius 1 is 0.955 bits per heavy atom. The first-order chi connectivity index (χ1) is 10.6. The molecule has 0 atom stereocenters. The van der Waals surface area contributed by atoms with Gasteiger partial charge in [-0.15, -0.1) is 0 Å². The summed E-state index contributed by atoms with van der Waals surface area (Å²) < 4.78 is 0. The molecule has 0 aromatic heterocycles. The first kappa shape index (κ1) is 15.1. The van der Waals surface area contributed by atoms with E-state index in [1.807, 2.05) is 0 Å². The second-order valence-electron chi connectivity index (χ2n) is 4.55. The Balaban J connectivity index is 2.02. The van der Waals surface area contributed by atoms with Gasteiger partial charge in [0.25, 0.3) is 5.91 Å². The van der Waals surface area contributed by atoms with Crippen LogP contribution in [0.1, 0.15) is 15.9 Å². The summed E-state index contributed by atoms with van der Waals surface area (Å²) in [5.41, 5.74) is 7.52. The van der Waals surface area contributed by atoms with Gasteiger partial charge in [-0.25, -0.2) is 4.79 Å². The number of primary amides is 1. The molecule has 4 N–H and O–H groups in total. The van der Waals surface area contributed by atoms with Crippen LogP contribution in [0.2, 0.25) is 0 Å². The summed E-state index contributed by atoms with van der Waals surface area (Å²) >= 11 is 0. The van der Waals surface area contributed by atoms with Crippen molar-refractivity contribution in [2.24, 2.45) is 5.73 Å². The van der Waals surface area contributed by atoms with Crippen LogP contribution >= 0.6 is 0 Å². The number of amides is 3. The Kier molecular flexibility index (Phi) is 4.73. The summed E-state index contributed by atoms with van der Waals surface area (Å²) in [4.78, 5) is 22.8. The summed E-state index contributed by atoms with van der Waals surface area (Å²) in [7, 11) is 0. The van der Waals surface area contributed by atoms with Crippen molar-refractivity contribution in [2.45, 2.75) is 6.42 Å². The van der Waals surface area contributed by atoms with E-state index < -0.39 is 6.03 Å². The average Bonchev–Trinajstić information content (AvgIpc) is 2.49. The Bertz CT molecular complexity index is 715. The van der Waals surface area contributed by atoms with Crippen LogP contribution in [0.25, 0.3) is 0 Å². The highest BCUT2D eigenvalue weighted by Gasteiger charge is 2.06. The van der Waals surface area contributed by atoms with E-state index in [4.69, 9.17) is 11.0 Å². The van der Waals surface area contributed by atoms with Crippen LogP contribution in [0.15, 0.2) is 48.5 Å². The standard InChI is InChI=1S/C16H14N4O2/c17-10-9-11-1-5-13(6-2-11)19-15(21)12-3-7-14(8-4-12)20-16(18)22/h1-8H,9H2,(H,19,21)(H3,18,20,22). The number of carbonyl (C=O) groups is 2. The Morgan fingerprint density at radius 2 is 1.50 bits per heavy atom. The lowest BCUT2D eigenvalue weighted by Crippen LogP contribution is -2.19. The zero-order valence-corrected chi connectivity index (χ0v) is 11.7. The van der Waals surface area contributed by atoms with Crippen molar-refractivity contribution in [1.82, 2.24) is 0 Å². The maximum Gasteiger partial charge on any atom is 0.316 e. The van der Waals surface area contributed by atoms with Crippen LogP contribution in [0.5, 0.6) is 0 Å².